The van der Waals surface area contributed by atoms with Crippen molar-refractivity contribution >= 4 is 23.4 Å². The predicted molar refractivity (Wildman–Crippen MR) is 87.8 cm³/mol. The van der Waals surface area contributed by atoms with Crippen LogP contribution in [0.1, 0.15) is 26.3 Å². The van der Waals surface area contributed by atoms with E-state index in [9.17, 15) is 9.59 Å². The van der Waals surface area contributed by atoms with Crippen LogP contribution in [0.5, 0.6) is 0 Å². The third-order valence-electron chi connectivity index (χ3n) is 2.82. The van der Waals surface area contributed by atoms with Crippen LogP contribution in [-0.2, 0) is 16.1 Å². The summed E-state index contributed by atoms with van der Waals surface area (Å²) in [6.07, 6.45) is 0. The highest BCUT2D eigenvalue weighted by atomic mass is 35.5. The molecule has 0 radical (unpaired) electrons. The zero-order chi connectivity index (χ0) is 16.8. The summed E-state index contributed by atoms with van der Waals surface area (Å²) in [6, 6.07) is 7.35. The minimum absolute atomic E-state index is 0.0624. The molecule has 0 heterocycles. The van der Waals surface area contributed by atoms with E-state index in [1.807, 2.05) is 46.0 Å². The molecule has 0 aliphatic carbocycles. The van der Waals surface area contributed by atoms with Crippen LogP contribution in [0.2, 0.25) is 5.02 Å². The van der Waals surface area contributed by atoms with E-state index >= 15 is 0 Å². The molecule has 6 heteroatoms. The lowest BCUT2D eigenvalue weighted by atomic mass is 10.1. The maximum absolute atomic E-state index is 11.9. The Morgan fingerprint density at radius 2 is 1.82 bits per heavy atom. The van der Waals surface area contributed by atoms with Gasteiger partial charge in [-0.15, -0.1) is 0 Å². The number of amides is 2. The maximum Gasteiger partial charge on any atom is 0.275 e. The number of nitrogens with one attached hydrogen (secondary N) is 3. The van der Waals surface area contributed by atoms with Crippen LogP contribution < -0.4 is 15.5 Å². The van der Waals surface area contributed by atoms with Crippen molar-refractivity contribution in [2.75, 3.05) is 20.1 Å². The Kier molecular flexibility index (Phi) is 6.84. The van der Waals surface area contributed by atoms with Crippen molar-refractivity contribution < 1.29 is 14.5 Å². The summed E-state index contributed by atoms with van der Waals surface area (Å²) < 4.78 is 0. The monoisotopic (exact) mass is 326 g/mol. The first-order chi connectivity index (χ1) is 10.2. The molecule has 0 spiro atoms. The zero-order valence-corrected chi connectivity index (χ0v) is 14.4. The molecule has 1 unspecified atom stereocenters. The largest absolute Gasteiger partial charge is 0.347 e. The number of hydrogen-bond donors (Lipinski definition) is 3. The second-order valence-corrected chi connectivity index (χ2v) is 6.95. The van der Waals surface area contributed by atoms with E-state index in [1.54, 1.807) is 6.07 Å². The summed E-state index contributed by atoms with van der Waals surface area (Å²) in [6.45, 7) is 6.73. The summed E-state index contributed by atoms with van der Waals surface area (Å²) >= 11 is 5.89. The minimum atomic E-state index is -0.258. The van der Waals surface area contributed by atoms with Gasteiger partial charge in [0.15, 0.2) is 13.1 Å². The maximum atomic E-state index is 11.9. The van der Waals surface area contributed by atoms with Crippen LogP contribution in [0.25, 0.3) is 0 Å². The molecule has 0 bridgehead atoms. The van der Waals surface area contributed by atoms with Crippen LogP contribution in [0.3, 0.4) is 0 Å². The van der Waals surface area contributed by atoms with Crippen molar-refractivity contribution in [1.29, 1.82) is 0 Å². The van der Waals surface area contributed by atoms with Crippen molar-refractivity contribution in [1.82, 2.24) is 10.6 Å². The van der Waals surface area contributed by atoms with Gasteiger partial charge in [0.1, 0.15) is 0 Å². The van der Waals surface area contributed by atoms with Gasteiger partial charge in [-0.1, -0.05) is 23.7 Å². The van der Waals surface area contributed by atoms with E-state index < -0.39 is 0 Å². The highest BCUT2D eigenvalue weighted by Crippen LogP contribution is 2.09. The van der Waals surface area contributed by atoms with Crippen molar-refractivity contribution in [3.05, 3.63) is 34.9 Å². The molecule has 1 rings (SSSR count). The Morgan fingerprint density at radius 3 is 2.41 bits per heavy atom. The molecule has 1 atom stereocenters. The Bertz CT molecular complexity index is 526. The summed E-state index contributed by atoms with van der Waals surface area (Å²) in [7, 11) is 1.82. The number of likely N-dealkylation sites (N-methyl/N-ethyl adjacent to an activating group) is 1. The van der Waals surface area contributed by atoms with Gasteiger partial charge in [0.2, 0.25) is 0 Å². The highest BCUT2D eigenvalue weighted by molar-refractivity contribution is 6.30. The first-order valence-corrected chi connectivity index (χ1v) is 7.67. The molecule has 0 aliphatic heterocycles. The highest BCUT2D eigenvalue weighted by Gasteiger charge is 2.18. The fraction of sp³-hybridized carbons (Fsp3) is 0.500. The summed E-state index contributed by atoms with van der Waals surface area (Å²) in [4.78, 5) is 24.5. The number of carbonyl (C=O) groups is 2. The van der Waals surface area contributed by atoms with Gasteiger partial charge in [-0.2, -0.15) is 0 Å². The van der Waals surface area contributed by atoms with E-state index in [0.29, 0.717) is 11.6 Å². The van der Waals surface area contributed by atoms with Crippen molar-refractivity contribution in [2.45, 2.75) is 32.9 Å². The minimum Gasteiger partial charge on any atom is -0.347 e. The third-order valence-corrected chi connectivity index (χ3v) is 3.05. The molecule has 0 fully saturated rings. The molecule has 5 nitrogen and oxygen atoms in total. The number of quaternary nitrogens is 1. The lowest BCUT2D eigenvalue weighted by Crippen LogP contribution is -3.11. The van der Waals surface area contributed by atoms with E-state index in [2.05, 4.69) is 10.6 Å². The molecule has 1 aromatic carbocycles. The van der Waals surface area contributed by atoms with Gasteiger partial charge < -0.3 is 15.5 Å². The van der Waals surface area contributed by atoms with E-state index in [4.69, 9.17) is 11.6 Å². The molecule has 2 amide bonds. The number of rotatable bonds is 6. The van der Waals surface area contributed by atoms with Crippen LogP contribution in [0.15, 0.2) is 24.3 Å². The summed E-state index contributed by atoms with van der Waals surface area (Å²) in [5, 5.41) is 6.36. The van der Waals surface area contributed by atoms with E-state index in [1.165, 1.54) is 0 Å². The van der Waals surface area contributed by atoms with Crippen molar-refractivity contribution in [2.24, 2.45) is 0 Å². The second kappa shape index (κ2) is 8.15. The molecule has 0 aromatic heterocycles. The van der Waals surface area contributed by atoms with Crippen LogP contribution in [-0.4, -0.2) is 37.5 Å². The zero-order valence-electron chi connectivity index (χ0n) is 13.6. The molecule has 0 saturated heterocycles. The van der Waals surface area contributed by atoms with Gasteiger partial charge >= 0.3 is 0 Å². The van der Waals surface area contributed by atoms with Gasteiger partial charge in [-0.25, -0.2) is 0 Å². The van der Waals surface area contributed by atoms with Gasteiger partial charge in [-0.3, -0.25) is 9.59 Å². The quantitative estimate of drug-likeness (QED) is 0.708. The molecule has 3 N–H and O–H groups in total. The summed E-state index contributed by atoms with van der Waals surface area (Å²) in [5.74, 6) is -0.159. The average Bonchev–Trinajstić information content (AvgIpc) is 2.33. The molecule has 122 valence electrons. The normalized spacial score (nSPS) is 12.6. The smallest absolute Gasteiger partial charge is 0.275 e. The number of hydrogen-bond acceptors (Lipinski definition) is 2. The Hall–Kier alpha value is -1.59. The first kappa shape index (κ1) is 18.5. The van der Waals surface area contributed by atoms with Crippen LogP contribution in [0, 0.1) is 0 Å². The fourth-order valence-electron chi connectivity index (χ4n) is 1.98. The van der Waals surface area contributed by atoms with E-state index in [-0.39, 0.29) is 30.4 Å². The average molecular weight is 327 g/mol. The lowest BCUT2D eigenvalue weighted by Gasteiger charge is -2.21. The van der Waals surface area contributed by atoms with Gasteiger partial charge in [-0.05, 0) is 38.5 Å². The van der Waals surface area contributed by atoms with Gasteiger partial charge in [0.25, 0.3) is 11.8 Å². The fourth-order valence-corrected chi connectivity index (χ4v) is 2.20. The molecular formula is C16H25ClN3O2+. The first-order valence-electron chi connectivity index (χ1n) is 7.29. The third kappa shape index (κ3) is 8.00. The standard InChI is InChI=1S/C16H24ClN3O2/c1-16(2,3)19-15(22)11-20(4)10-14(21)18-9-12-6-5-7-13(17)8-12/h5-8H,9-11H2,1-4H3,(H,18,21)(H,19,22)/p+1. The Balaban J connectivity index is 2.33. The Labute approximate surface area is 137 Å². The number of benzene rings is 1. The molecule has 22 heavy (non-hydrogen) atoms. The molecular weight excluding hydrogens is 302 g/mol. The molecule has 0 aliphatic rings. The second-order valence-electron chi connectivity index (χ2n) is 6.52. The predicted octanol–water partition coefficient (Wildman–Crippen LogP) is 0.386. The molecule has 1 aromatic rings. The SMILES string of the molecule is C[NH+](CC(=O)NCc1cccc(Cl)c1)CC(=O)NC(C)(C)C. The lowest BCUT2D eigenvalue weighted by molar-refractivity contribution is -0.862. The van der Waals surface area contributed by atoms with Gasteiger partial charge in [0.05, 0.1) is 7.05 Å². The topological polar surface area (TPSA) is 62.6 Å². The number of carbonyl (C=O) groups excluding carboxylic acids is 2. The number of halogens is 1. The van der Waals surface area contributed by atoms with E-state index in [0.717, 1.165) is 10.5 Å². The van der Waals surface area contributed by atoms with Crippen molar-refractivity contribution in [3.8, 4) is 0 Å². The summed E-state index contributed by atoms with van der Waals surface area (Å²) in [5.41, 5.74) is 0.690. The van der Waals surface area contributed by atoms with Crippen molar-refractivity contribution in [3.63, 3.8) is 0 Å². The van der Waals surface area contributed by atoms with Gasteiger partial charge in [0, 0.05) is 17.1 Å². The Morgan fingerprint density at radius 1 is 1.18 bits per heavy atom. The van der Waals surface area contributed by atoms with Crippen LogP contribution >= 0.6 is 11.6 Å². The molecule has 0 saturated carbocycles. The van der Waals surface area contributed by atoms with Crippen LogP contribution in [0.4, 0.5) is 0 Å².